The molecule has 0 bridgehead atoms. The van der Waals surface area contributed by atoms with Crippen molar-refractivity contribution in [2.75, 3.05) is 24.4 Å². The van der Waals surface area contributed by atoms with Gasteiger partial charge in [0.2, 0.25) is 11.1 Å². The summed E-state index contributed by atoms with van der Waals surface area (Å²) in [5.41, 5.74) is 0.862. The Morgan fingerprint density at radius 2 is 2.16 bits per heavy atom. The number of amides is 1. The van der Waals surface area contributed by atoms with Gasteiger partial charge in [0.15, 0.2) is 15.7 Å². The van der Waals surface area contributed by atoms with E-state index in [2.05, 4.69) is 20.5 Å². The molecule has 2 aromatic rings. The van der Waals surface area contributed by atoms with Crippen LogP contribution >= 0.6 is 11.8 Å². The van der Waals surface area contributed by atoms with E-state index in [0.29, 0.717) is 17.4 Å². The molecule has 0 radical (unpaired) electrons. The predicted octanol–water partition coefficient (Wildman–Crippen LogP) is 0.876. The smallest absolute Gasteiger partial charge is 0.230 e. The van der Waals surface area contributed by atoms with Crippen molar-refractivity contribution in [1.29, 1.82) is 0 Å². The zero-order valence-corrected chi connectivity index (χ0v) is 15.2. The number of nitrogens with zero attached hydrogens (tertiary/aromatic N) is 2. The number of benzene rings is 1. The first-order valence-electron chi connectivity index (χ1n) is 7.64. The zero-order valence-electron chi connectivity index (χ0n) is 13.6. The van der Waals surface area contributed by atoms with Gasteiger partial charge in [0.05, 0.1) is 24.4 Å². The molecule has 0 aliphatic carbocycles. The number of aromatic nitrogens is 3. The van der Waals surface area contributed by atoms with Crippen LogP contribution in [0.25, 0.3) is 11.4 Å². The largest absolute Gasteiger partial charge is 0.497 e. The molecule has 1 atom stereocenters. The van der Waals surface area contributed by atoms with Crippen molar-refractivity contribution < 1.29 is 17.9 Å². The Hall–Kier alpha value is -2.07. The van der Waals surface area contributed by atoms with Gasteiger partial charge in [0.1, 0.15) is 5.75 Å². The monoisotopic (exact) mass is 382 g/mol. The van der Waals surface area contributed by atoms with Crippen LogP contribution in [0.1, 0.15) is 6.42 Å². The molecule has 134 valence electrons. The molecular formula is C15H18N4O4S2. The van der Waals surface area contributed by atoms with E-state index in [-0.39, 0.29) is 29.2 Å². The molecule has 3 rings (SSSR count). The summed E-state index contributed by atoms with van der Waals surface area (Å²) in [5.74, 6) is 1.43. The van der Waals surface area contributed by atoms with E-state index in [1.165, 1.54) is 11.8 Å². The highest BCUT2D eigenvalue weighted by Crippen LogP contribution is 2.21. The summed E-state index contributed by atoms with van der Waals surface area (Å²) in [7, 11) is -1.40. The summed E-state index contributed by atoms with van der Waals surface area (Å²) in [4.78, 5) is 16.3. The third kappa shape index (κ3) is 4.73. The first-order valence-corrected chi connectivity index (χ1v) is 10.5. The number of methoxy groups -OCH3 is 1. The lowest BCUT2D eigenvalue weighted by atomic mass is 10.2. The average molecular weight is 382 g/mol. The summed E-state index contributed by atoms with van der Waals surface area (Å²) >= 11 is 1.20. The fourth-order valence-corrected chi connectivity index (χ4v) is 4.78. The molecule has 1 amide bonds. The lowest BCUT2D eigenvalue weighted by Gasteiger charge is -2.09. The van der Waals surface area contributed by atoms with Crippen LogP contribution in [-0.4, -0.2) is 59.9 Å². The number of carbonyl (C=O) groups is 1. The second-order valence-electron chi connectivity index (χ2n) is 5.65. The molecule has 2 heterocycles. The third-order valence-electron chi connectivity index (χ3n) is 3.76. The first-order chi connectivity index (χ1) is 11.9. The summed E-state index contributed by atoms with van der Waals surface area (Å²) < 4.78 is 27.9. The highest BCUT2D eigenvalue weighted by Gasteiger charge is 2.28. The zero-order chi connectivity index (χ0) is 17.9. The number of hydrogen-bond donors (Lipinski definition) is 2. The van der Waals surface area contributed by atoms with Gasteiger partial charge in [-0.2, -0.15) is 0 Å². The Kier molecular flexibility index (Phi) is 5.28. The molecule has 25 heavy (non-hydrogen) atoms. The third-order valence-corrected chi connectivity index (χ3v) is 6.37. The van der Waals surface area contributed by atoms with E-state index in [0.717, 1.165) is 11.3 Å². The molecule has 0 spiro atoms. The van der Waals surface area contributed by atoms with Crippen molar-refractivity contribution in [3.05, 3.63) is 24.3 Å². The van der Waals surface area contributed by atoms with E-state index < -0.39 is 9.84 Å². The number of ether oxygens (including phenoxy) is 1. The quantitative estimate of drug-likeness (QED) is 0.713. The van der Waals surface area contributed by atoms with Gasteiger partial charge in [0.25, 0.3) is 0 Å². The van der Waals surface area contributed by atoms with E-state index in [4.69, 9.17) is 4.74 Å². The van der Waals surface area contributed by atoms with Crippen LogP contribution in [0.15, 0.2) is 29.4 Å². The van der Waals surface area contributed by atoms with Crippen LogP contribution in [0.2, 0.25) is 0 Å². The van der Waals surface area contributed by atoms with Crippen LogP contribution in [-0.2, 0) is 14.6 Å². The van der Waals surface area contributed by atoms with Gasteiger partial charge >= 0.3 is 0 Å². The van der Waals surface area contributed by atoms with Crippen molar-refractivity contribution in [1.82, 2.24) is 20.5 Å². The number of H-pyrrole nitrogens is 1. The topological polar surface area (TPSA) is 114 Å². The minimum atomic E-state index is -3.00. The highest BCUT2D eigenvalue weighted by atomic mass is 32.2. The van der Waals surface area contributed by atoms with E-state index >= 15 is 0 Å². The summed E-state index contributed by atoms with van der Waals surface area (Å²) in [6.45, 7) is 0. The van der Waals surface area contributed by atoms with E-state index in [1.54, 1.807) is 7.11 Å². The maximum atomic E-state index is 11.9. The maximum Gasteiger partial charge on any atom is 0.230 e. The van der Waals surface area contributed by atoms with Gasteiger partial charge in [-0.15, -0.1) is 5.10 Å². The summed E-state index contributed by atoms with van der Waals surface area (Å²) in [5, 5.41) is 10.1. The molecule has 1 unspecified atom stereocenters. The Labute approximate surface area is 149 Å². The molecule has 1 aliphatic rings. The Morgan fingerprint density at radius 3 is 2.80 bits per heavy atom. The standard InChI is InChI=1S/C15H18N4O4S2/c1-23-12-4-2-10(3-5-12)14-17-15(19-18-14)24-8-13(20)16-11-6-7-25(21,22)9-11/h2-5,11H,6-9H2,1H3,(H,16,20)(H,17,18,19). The lowest BCUT2D eigenvalue weighted by molar-refractivity contribution is -0.119. The number of sulfone groups is 1. The fourth-order valence-electron chi connectivity index (χ4n) is 2.50. The number of thioether (sulfide) groups is 1. The second-order valence-corrected chi connectivity index (χ2v) is 8.82. The number of carbonyl (C=O) groups excluding carboxylic acids is 1. The molecule has 10 heteroatoms. The van der Waals surface area contributed by atoms with E-state index in [1.807, 2.05) is 24.3 Å². The molecule has 1 saturated heterocycles. The fraction of sp³-hybridized carbons (Fsp3) is 0.400. The molecule has 0 saturated carbocycles. The molecule has 8 nitrogen and oxygen atoms in total. The van der Waals surface area contributed by atoms with Gasteiger partial charge in [-0.25, -0.2) is 13.4 Å². The normalized spacial score (nSPS) is 18.8. The van der Waals surface area contributed by atoms with Gasteiger partial charge in [-0.3, -0.25) is 9.89 Å². The molecule has 2 N–H and O–H groups in total. The minimum absolute atomic E-state index is 0.0195. The number of nitrogens with one attached hydrogen (secondary N) is 2. The summed E-state index contributed by atoms with van der Waals surface area (Å²) in [6.07, 6.45) is 0.473. The number of hydrogen-bond acceptors (Lipinski definition) is 7. The summed E-state index contributed by atoms with van der Waals surface area (Å²) in [6, 6.07) is 7.09. The maximum absolute atomic E-state index is 11.9. The van der Waals surface area contributed by atoms with Gasteiger partial charge in [-0.1, -0.05) is 11.8 Å². The van der Waals surface area contributed by atoms with Crippen LogP contribution in [0.3, 0.4) is 0 Å². The van der Waals surface area contributed by atoms with Crippen molar-refractivity contribution >= 4 is 27.5 Å². The van der Waals surface area contributed by atoms with Crippen molar-refractivity contribution in [2.24, 2.45) is 0 Å². The van der Waals surface area contributed by atoms with Crippen LogP contribution in [0.5, 0.6) is 5.75 Å². The Bertz CT molecular complexity index is 849. The van der Waals surface area contributed by atoms with Crippen molar-refractivity contribution in [3.8, 4) is 17.1 Å². The Morgan fingerprint density at radius 1 is 1.40 bits per heavy atom. The van der Waals surface area contributed by atoms with Gasteiger partial charge in [-0.05, 0) is 30.7 Å². The van der Waals surface area contributed by atoms with Crippen LogP contribution in [0, 0.1) is 0 Å². The molecule has 1 aromatic carbocycles. The molecule has 1 fully saturated rings. The average Bonchev–Trinajstić information content (AvgIpc) is 3.19. The predicted molar refractivity (Wildman–Crippen MR) is 94.3 cm³/mol. The lowest BCUT2D eigenvalue weighted by Crippen LogP contribution is -2.36. The molecule has 1 aliphatic heterocycles. The number of rotatable bonds is 6. The molecule has 1 aromatic heterocycles. The first kappa shape index (κ1) is 17.7. The van der Waals surface area contributed by atoms with Crippen molar-refractivity contribution in [3.63, 3.8) is 0 Å². The van der Waals surface area contributed by atoms with Gasteiger partial charge in [0, 0.05) is 11.6 Å². The van der Waals surface area contributed by atoms with Crippen LogP contribution in [0.4, 0.5) is 0 Å². The number of aromatic amines is 1. The van der Waals surface area contributed by atoms with Crippen molar-refractivity contribution in [2.45, 2.75) is 17.6 Å². The van der Waals surface area contributed by atoms with Crippen LogP contribution < -0.4 is 10.1 Å². The Balaban J connectivity index is 1.52. The van der Waals surface area contributed by atoms with Gasteiger partial charge < -0.3 is 10.1 Å². The van der Waals surface area contributed by atoms with E-state index in [9.17, 15) is 13.2 Å². The molecular weight excluding hydrogens is 364 g/mol. The highest BCUT2D eigenvalue weighted by molar-refractivity contribution is 7.99. The minimum Gasteiger partial charge on any atom is -0.497 e. The second kappa shape index (κ2) is 7.44. The SMILES string of the molecule is COc1ccc(-c2nc(SCC(=O)NC3CCS(=O)(=O)C3)n[nH]2)cc1.